The molecule has 0 heterocycles. The molecule has 0 fully saturated rings. The summed E-state index contributed by atoms with van der Waals surface area (Å²) in [5, 5.41) is 5.42. The van der Waals surface area contributed by atoms with Crippen molar-refractivity contribution in [2.75, 3.05) is 0 Å². The first-order valence-electron chi connectivity index (χ1n) is 6.05. The van der Waals surface area contributed by atoms with Crippen LogP contribution in [0.5, 0.6) is 0 Å². The van der Waals surface area contributed by atoms with Gasteiger partial charge >= 0.3 is 130 Å². The number of hydrogen-bond donors (Lipinski definition) is 0. The van der Waals surface area contributed by atoms with Crippen LogP contribution in [0.1, 0.15) is 0 Å². The molecule has 3 heteroatoms. The molecule has 0 unspecified atom stereocenters. The summed E-state index contributed by atoms with van der Waals surface area (Å²) in [6.07, 6.45) is 0. The van der Waals surface area contributed by atoms with Crippen molar-refractivity contribution in [3.63, 3.8) is 0 Å². The van der Waals surface area contributed by atoms with Crippen LogP contribution in [0.2, 0.25) is 0 Å². The van der Waals surface area contributed by atoms with E-state index in [4.69, 9.17) is 0 Å². The molecule has 0 atom stereocenters. The molecule has 0 aliphatic rings. The van der Waals surface area contributed by atoms with Crippen LogP contribution in [-0.4, -0.2) is 53.1 Å². The molecule has 3 aromatic carbocycles. The Hall–Kier alpha value is -0.0278. The van der Waals surface area contributed by atoms with E-state index in [0.29, 0.717) is 0 Å². The molecular formula is C14H7Li3. The van der Waals surface area contributed by atoms with E-state index in [1.807, 2.05) is 0 Å². The van der Waals surface area contributed by atoms with Crippen LogP contribution in [0.15, 0.2) is 42.5 Å². The monoisotopic (exact) mass is 196 g/mol. The second-order valence-corrected chi connectivity index (χ2v) is 4.95. The van der Waals surface area contributed by atoms with Crippen LogP contribution in [-0.2, 0) is 0 Å². The maximum atomic E-state index is 2.32. The summed E-state index contributed by atoms with van der Waals surface area (Å²) in [6, 6.07) is 15.7. The Labute approximate surface area is 129 Å². The summed E-state index contributed by atoms with van der Waals surface area (Å²) >= 11 is 6.53. The first-order chi connectivity index (χ1) is 8.15. The first-order valence-corrected chi connectivity index (χ1v) is 6.05. The van der Waals surface area contributed by atoms with Crippen molar-refractivity contribution in [3.05, 3.63) is 42.5 Å². The van der Waals surface area contributed by atoms with E-state index in [1.165, 1.54) is 34.3 Å². The topological polar surface area (TPSA) is 0 Å². The zero-order chi connectivity index (χ0) is 12.0. The van der Waals surface area contributed by atoms with Gasteiger partial charge in [0.15, 0.2) is 0 Å². The number of hydrogen-bond acceptors (Lipinski definition) is 0. The Kier molecular flexibility index (Phi) is 3.24. The molecule has 0 amide bonds. The summed E-state index contributed by atoms with van der Waals surface area (Å²) < 4.78 is 4.05. The summed E-state index contributed by atoms with van der Waals surface area (Å²) in [7, 11) is 0. The van der Waals surface area contributed by atoms with Gasteiger partial charge in [0.25, 0.3) is 0 Å². The van der Waals surface area contributed by atoms with Crippen molar-refractivity contribution >= 4 is 87.4 Å². The Morgan fingerprint density at radius 2 is 1.35 bits per heavy atom. The van der Waals surface area contributed by atoms with Gasteiger partial charge in [-0.25, -0.2) is 0 Å². The van der Waals surface area contributed by atoms with Crippen molar-refractivity contribution < 1.29 is 0 Å². The molecule has 17 heavy (non-hydrogen) atoms. The Morgan fingerprint density at radius 3 is 2.18 bits per heavy atom. The molecule has 3 aromatic rings. The van der Waals surface area contributed by atoms with Crippen molar-refractivity contribution in [1.82, 2.24) is 0 Å². The zero-order valence-electron chi connectivity index (χ0n) is 10.5. The standard InChI is InChI=1S/C14H7.3Li/c1-2-6-12-10-14-8-4-3-7-13(14)9-11(12)5-1;;;/h1-3,5,8-10H;;;. The third kappa shape index (κ3) is 2.16. The molecule has 0 saturated carbocycles. The molecule has 0 spiro atoms. The fourth-order valence-electron chi connectivity index (χ4n) is 2.67. The second kappa shape index (κ2) is 4.58. The van der Waals surface area contributed by atoms with Gasteiger partial charge in [0.1, 0.15) is 0 Å². The SMILES string of the molecule is [Li][c]1c[c]([Li])c2cc3ccc[c]([Li])c3cc2c1. The van der Waals surface area contributed by atoms with Crippen LogP contribution in [0.4, 0.5) is 0 Å². The molecular weight excluding hydrogens is 189 g/mol. The summed E-state index contributed by atoms with van der Waals surface area (Å²) in [6.45, 7) is 0. The van der Waals surface area contributed by atoms with Gasteiger partial charge in [-0.1, -0.05) is 0 Å². The average molecular weight is 196 g/mol. The molecule has 0 radical (unpaired) electrons. The molecule has 0 saturated heterocycles. The molecule has 0 bridgehead atoms. The maximum absolute atomic E-state index is 2.32. The van der Waals surface area contributed by atoms with Gasteiger partial charge < -0.3 is 0 Å². The van der Waals surface area contributed by atoms with Crippen LogP contribution < -0.4 is 12.7 Å². The molecule has 0 aliphatic carbocycles. The van der Waals surface area contributed by atoms with E-state index in [2.05, 4.69) is 95.6 Å². The van der Waals surface area contributed by atoms with Crippen LogP contribution in [0, 0.1) is 0 Å². The first kappa shape index (κ1) is 12.0. The Balaban J connectivity index is 2.52. The summed E-state index contributed by atoms with van der Waals surface area (Å²) in [5.74, 6) is 0. The van der Waals surface area contributed by atoms with Crippen LogP contribution in [0.3, 0.4) is 0 Å². The normalized spacial score (nSPS) is 11.4. The van der Waals surface area contributed by atoms with Crippen molar-refractivity contribution in [3.8, 4) is 0 Å². The number of benzene rings is 3. The van der Waals surface area contributed by atoms with E-state index in [-0.39, 0.29) is 0 Å². The van der Waals surface area contributed by atoms with Gasteiger partial charge in [-0.2, -0.15) is 0 Å². The number of fused-ring (bicyclic) bond motifs is 2. The molecule has 3 rings (SSSR count). The van der Waals surface area contributed by atoms with Gasteiger partial charge in [0.2, 0.25) is 0 Å². The van der Waals surface area contributed by atoms with E-state index in [9.17, 15) is 0 Å². The van der Waals surface area contributed by atoms with Gasteiger partial charge in [0, 0.05) is 0 Å². The quantitative estimate of drug-likeness (QED) is 0.360. The van der Waals surface area contributed by atoms with E-state index in [1.54, 1.807) is 0 Å². The third-order valence-corrected chi connectivity index (χ3v) is 3.52. The van der Waals surface area contributed by atoms with Crippen LogP contribution in [0.25, 0.3) is 21.5 Å². The number of rotatable bonds is 0. The van der Waals surface area contributed by atoms with Crippen molar-refractivity contribution in [1.29, 1.82) is 0 Å². The molecule has 66 valence electrons. The van der Waals surface area contributed by atoms with Gasteiger partial charge in [0.05, 0.1) is 0 Å². The Morgan fingerprint density at radius 1 is 0.647 bits per heavy atom. The molecule has 0 aromatic heterocycles. The van der Waals surface area contributed by atoms with Crippen molar-refractivity contribution in [2.24, 2.45) is 0 Å². The predicted octanol–water partition coefficient (Wildman–Crippen LogP) is 0.374. The molecule has 0 N–H and O–H groups in total. The van der Waals surface area contributed by atoms with Crippen molar-refractivity contribution in [2.45, 2.75) is 0 Å². The minimum atomic E-state index is 1.34. The van der Waals surface area contributed by atoms with Gasteiger partial charge in [-0.05, 0) is 0 Å². The van der Waals surface area contributed by atoms with E-state index >= 15 is 0 Å². The minimum absolute atomic E-state index is 1.34. The van der Waals surface area contributed by atoms with E-state index < -0.39 is 0 Å². The van der Waals surface area contributed by atoms with E-state index in [0.717, 1.165) is 0 Å². The Bertz CT molecular complexity index is 732. The van der Waals surface area contributed by atoms with Crippen LogP contribution >= 0.6 is 0 Å². The second-order valence-electron chi connectivity index (χ2n) is 4.95. The van der Waals surface area contributed by atoms with Gasteiger partial charge in [-0.15, -0.1) is 0 Å². The van der Waals surface area contributed by atoms with Gasteiger partial charge in [-0.3, -0.25) is 0 Å². The summed E-state index contributed by atoms with van der Waals surface area (Å²) in [4.78, 5) is 0. The average Bonchev–Trinajstić information content (AvgIpc) is 2.28. The fraction of sp³-hybridized carbons (Fsp3) is 0. The third-order valence-electron chi connectivity index (χ3n) is 3.52. The molecule has 0 aliphatic heterocycles. The fourth-order valence-corrected chi connectivity index (χ4v) is 2.67. The summed E-state index contributed by atoms with van der Waals surface area (Å²) in [5.41, 5.74) is 0. The predicted molar refractivity (Wildman–Crippen MR) is 77.6 cm³/mol. The molecule has 0 nitrogen and oxygen atoms in total. The zero-order valence-corrected chi connectivity index (χ0v) is 10.5.